The molecule has 0 fully saturated rings. The van der Waals surface area contributed by atoms with E-state index in [1.54, 1.807) is 0 Å². The van der Waals surface area contributed by atoms with Gasteiger partial charge in [-0.3, -0.25) is 4.79 Å². The van der Waals surface area contributed by atoms with Gasteiger partial charge in [0.05, 0.1) is 12.0 Å². The molecule has 7 rings (SSSR count). The van der Waals surface area contributed by atoms with E-state index in [4.69, 9.17) is 18.9 Å². The van der Waals surface area contributed by atoms with Crippen LogP contribution in [-0.2, 0) is 19.8 Å². The third kappa shape index (κ3) is 6.38. The number of fused-ring (bicyclic) bond motifs is 3. The number of rotatable bonds is 10. The molecule has 0 radical (unpaired) electrons. The number of ether oxygens (including phenoxy) is 4. The lowest BCUT2D eigenvalue weighted by Crippen LogP contribution is -2.21. The predicted molar refractivity (Wildman–Crippen MR) is 175 cm³/mol. The number of hydrogen-bond acceptors (Lipinski definition) is 5. The van der Waals surface area contributed by atoms with Crippen molar-refractivity contribution < 1.29 is 23.7 Å². The summed E-state index contributed by atoms with van der Waals surface area (Å²) in [5, 5.41) is 1.94. The summed E-state index contributed by atoms with van der Waals surface area (Å²) in [5.41, 5.74) is 4.45. The Bertz CT molecular complexity index is 1860. The molecule has 6 aromatic rings. The zero-order valence-corrected chi connectivity index (χ0v) is 24.7. The smallest absolute Gasteiger partial charge is 0.203 e. The van der Waals surface area contributed by atoms with Crippen LogP contribution in [0.1, 0.15) is 45.1 Å². The molecule has 5 nitrogen and oxygen atoms in total. The molecular weight excluding hydrogens is 560 g/mol. The fourth-order valence-corrected chi connectivity index (χ4v) is 5.58. The third-order valence-electron chi connectivity index (χ3n) is 7.93. The zero-order valence-electron chi connectivity index (χ0n) is 24.7. The number of carbonyl (C=O) groups is 1. The van der Waals surface area contributed by atoms with Crippen LogP contribution in [0.4, 0.5) is 0 Å². The Morgan fingerprint density at radius 3 is 1.67 bits per heavy atom. The molecule has 0 aromatic heterocycles. The van der Waals surface area contributed by atoms with Crippen molar-refractivity contribution in [2.75, 3.05) is 0 Å². The monoisotopic (exact) mass is 592 g/mol. The number of hydrogen-bond donors (Lipinski definition) is 0. The van der Waals surface area contributed by atoms with E-state index >= 15 is 0 Å². The van der Waals surface area contributed by atoms with Crippen molar-refractivity contribution in [3.63, 3.8) is 0 Å². The highest BCUT2D eigenvalue weighted by Crippen LogP contribution is 2.45. The van der Waals surface area contributed by atoms with Gasteiger partial charge in [-0.25, -0.2) is 0 Å². The maximum absolute atomic E-state index is 13.5. The van der Waals surface area contributed by atoms with E-state index in [1.165, 1.54) is 0 Å². The van der Waals surface area contributed by atoms with E-state index in [9.17, 15) is 4.79 Å². The van der Waals surface area contributed by atoms with Crippen molar-refractivity contribution in [2.45, 2.75) is 32.3 Å². The van der Waals surface area contributed by atoms with Gasteiger partial charge < -0.3 is 18.9 Å². The predicted octanol–water partition coefficient (Wildman–Crippen LogP) is 9.28. The van der Waals surface area contributed by atoms with Crippen LogP contribution in [-0.4, -0.2) is 5.78 Å². The van der Waals surface area contributed by atoms with Crippen molar-refractivity contribution >= 4 is 16.6 Å². The highest BCUT2D eigenvalue weighted by Gasteiger charge is 2.31. The Labute approximate surface area is 262 Å². The summed E-state index contributed by atoms with van der Waals surface area (Å²) in [6, 6.07) is 45.6. The highest BCUT2D eigenvalue weighted by atomic mass is 16.5. The van der Waals surface area contributed by atoms with Crippen molar-refractivity contribution in [2.24, 2.45) is 0 Å². The molecule has 0 bridgehead atoms. The molecule has 6 aromatic carbocycles. The highest BCUT2D eigenvalue weighted by molar-refractivity contribution is 6.06. The van der Waals surface area contributed by atoms with Gasteiger partial charge in [-0.05, 0) is 40.3 Å². The van der Waals surface area contributed by atoms with Crippen molar-refractivity contribution in [1.82, 2.24) is 0 Å². The third-order valence-corrected chi connectivity index (χ3v) is 7.93. The lowest BCUT2D eigenvalue weighted by Gasteiger charge is -2.28. The van der Waals surface area contributed by atoms with Gasteiger partial charge in [-0.2, -0.15) is 0 Å². The molecule has 1 unspecified atom stereocenters. The second kappa shape index (κ2) is 13.0. The molecule has 45 heavy (non-hydrogen) atoms. The van der Waals surface area contributed by atoms with Gasteiger partial charge in [0.25, 0.3) is 0 Å². The van der Waals surface area contributed by atoms with Crippen molar-refractivity contribution in [3.05, 3.63) is 167 Å². The summed E-state index contributed by atoms with van der Waals surface area (Å²) in [4.78, 5) is 13.5. The first kappa shape index (κ1) is 28.2. The largest absolute Gasteiger partial charge is 0.485 e. The summed E-state index contributed by atoms with van der Waals surface area (Å²) < 4.78 is 26.0. The van der Waals surface area contributed by atoms with E-state index in [2.05, 4.69) is 0 Å². The van der Waals surface area contributed by atoms with Crippen LogP contribution < -0.4 is 18.9 Å². The van der Waals surface area contributed by atoms with Gasteiger partial charge in [-0.15, -0.1) is 0 Å². The Balaban J connectivity index is 1.29. The second-order valence-electron chi connectivity index (χ2n) is 11.1. The average molecular weight is 593 g/mol. The van der Waals surface area contributed by atoms with Gasteiger partial charge in [0.1, 0.15) is 31.7 Å². The van der Waals surface area contributed by atoms with Gasteiger partial charge >= 0.3 is 0 Å². The average Bonchev–Trinajstić information content (AvgIpc) is 3.10. The molecule has 0 amide bonds. The lowest BCUT2D eigenvalue weighted by atomic mass is 9.93. The minimum Gasteiger partial charge on any atom is -0.485 e. The molecule has 0 saturated carbocycles. The van der Waals surface area contributed by atoms with Gasteiger partial charge in [0.2, 0.25) is 5.75 Å². The minimum absolute atomic E-state index is 0.0370. The first-order chi connectivity index (χ1) is 22.2. The molecule has 0 aliphatic carbocycles. The molecule has 1 aliphatic heterocycles. The Kier molecular flexibility index (Phi) is 8.15. The summed E-state index contributed by atoms with van der Waals surface area (Å²) >= 11 is 0. The molecule has 0 N–H and O–H groups in total. The van der Waals surface area contributed by atoms with Gasteiger partial charge in [-0.1, -0.05) is 121 Å². The van der Waals surface area contributed by atoms with Crippen LogP contribution in [0.3, 0.4) is 0 Å². The normalized spacial score (nSPS) is 14.0. The Morgan fingerprint density at radius 2 is 1.09 bits per heavy atom. The number of ketones is 1. The maximum Gasteiger partial charge on any atom is 0.203 e. The summed E-state index contributed by atoms with van der Waals surface area (Å²) in [6.45, 7) is 1.01. The topological polar surface area (TPSA) is 54.0 Å². The van der Waals surface area contributed by atoms with Gasteiger partial charge in [0, 0.05) is 10.9 Å². The van der Waals surface area contributed by atoms with E-state index < -0.39 is 6.10 Å². The molecule has 5 heteroatoms. The second-order valence-corrected chi connectivity index (χ2v) is 11.1. The molecule has 1 atom stereocenters. The molecular formula is C40H32O5. The maximum atomic E-state index is 13.5. The Hall–Kier alpha value is -5.55. The van der Waals surface area contributed by atoms with E-state index in [-0.39, 0.29) is 12.2 Å². The van der Waals surface area contributed by atoms with Crippen molar-refractivity contribution in [1.29, 1.82) is 0 Å². The summed E-state index contributed by atoms with van der Waals surface area (Å²) in [6.07, 6.45) is -0.330. The van der Waals surface area contributed by atoms with Crippen LogP contribution in [0.2, 0.25) is 0 Å². The molecule has 0 saturated heterocycles. The van der Waals surface area contributed by atoms with Crippen LogP contribution in [0, 0.1) is 0 Å². The lowest BCUT2D eigenvalue weighted by molar-refractivity contribution is 0.0852. The fraction of sp³-hybridized carbons (Fsp3) is 0.125. The fourth-order valence-electron chi connectivity index (χ4n) is 5.58. The Morgan fingerprint density at radius 1 is 0.578 bits per heavy atom. The minimum atomic E-state index is -0.530. The summed E-state index contributed by atoms with van der Waals surface area (Å²) in [7, 11) is 0. The van der Waals surface area contributed by atoms with Crippen LogP contribution >= 0.6 is 0 Å². The first-order valence-corrected chi connectivity index (χ1v) is 15.1. The van der Waals surface area contributed by atoms with E-state index in [0.29, 0.717) is 48.4 Å². The number of benzene rings is 6. The standard InChI is InChI=1S/C40H32O5/c41-35-24-36(45-39-33-19-11-10-18-31(33)20-21-34(35)39)32-22-37(42-25-28-12-4-1-5-13-28)40(44-27-30-16-8-3-9-17-30)38(23-32)43-26-29-14-6-2-7-15-29/h1-23,36H,24-27H2. The van der Waals surface area contributed by atoms with Crippen LogP contribution in [0.15, 0.2) is 140 Å². The molecule has 0 spiro atoms. The molecule has 1 aliphatic rings. The van der Waals surface area contributed by atoms with Crippen LogP contribution in [0.5, 0.6) is 23.0 Å². The summed E-state index contributed by atoms with van der Waals surface area (Å²) in [5.74, 6) is 2.19. The van der Waals surface area contributed by atoms with Gasteiger partial charge in [0.15, 0.2) is 17.3 Å². The molecule has 222 valence electrons. The van der Waals surface area contributed by atoms with Crippen LogP contribution in [0.25, 0.3) is 10.8 Å². The number of carbonyl (C=O) groups excluding carboxylic acids is 1. The van der Waals surface area contributed by atoms with E-state index in [0.717, 1.165) is 33.0 Å². The van der Waals surface area contributed by atoms with E-state index in [1.807, 2.05) is 140 Å². The number of Topliss-reactive ketones (excluding diaryl/α,β-unsaturated/α-hetero) is 1. The molecule has 1 heterocycles. The zero-order chi connectivity index (χ0) is 30.4. The first-order valence-electron chi connectivity index (χ1n) is 15.1. The van der Waals surface area contributed by atoms with Crippen molar-refractivity contribution in [3.8, 4) is 23.0 Å². The quantitative estimate of drug-likeness (QED) is 0.159. The SMILES string of the molecule is O=C1CC(c2cc(OCc3ccccc3)c(OCc3ccccc3)c(OCc3ccccc3)c2)Oc2c1ccc1ccccc21.